The molecule has 0 fully saturated rings. The van der Waals surface area contributed by atoms with Crippen molar-refractivity contribution in [1.29, 1.82) is 0 Å². The number of nitrogens with one attached hydrogen (secondary N) is 1. The number of aromatic nitrogens is 3. The number of hydrogen-bond acceptors (Lipinski definition) is 6. The fraction of sp³-hybridized carbons (Fsp3) is 0.200. The van der Waals surface area contributed by atoms with E-state index >= 15 is 0 Å². The summed E-state index contributed by atoms with van der Waals surface area (Å²) in [7, 11) is 0. The molecule has 0 aliphatic rings. The van der Waals surface area contributed by atoms with Crippen molar-refractivity contribution in [2.75, 3.05) is 13.2 Å². The molecule has 2 heterocycles. The number of benzene rings is 2. The van der Waals surface area contributed by atoms with E-state index in [0.717, 1.165) is 27.6 Å². The molecule has 0 unspecified atom stereocenters. The second-order valence-corrected chi connectivity index (χ2v) is 8.14. The Morgan fingerprint density at radius 1 is 1.03 bits per heavy atom. The summed E-state index contributed by atoms with van der Waals surface area (Å²) in [6.07, 6.45) is 0.615. The lowest BCUT2D eigenvalue weighted by Gasteiger charge is -2.09. The van der Waals surface area contributed by atoms with E-state index in [1.54, 1.807) is 17.4 Å². The molecule has 0 aliphatic heterocycles. The molecule has 2 aromatic carbocycles. The van der Waals surface area contributed by atoms with E-state index in [9.17, 15) is 9.59 Å². The van der Waals surface area contributed by atoms with Gasteiger partial charge in [0, 0.05) is 35.5 Å². The third-order valence-corrected chi connectivity index (χ3v) is 5.84. The maximum Gasteiger partial charge on any atom is 0.267 e. The normalized spacial score (nSPS) is 10.7. The standard InChI is InChI=1S/C25H24N4O3S/c1-2-32-21-10-8-18(9-11-21)22-12-13-24(31)29(28-22)16-23(30)26-15-14-20-17-33-25(27-20)19-6-4-3-5-7-19/h3-13,17H,2,14-16H2,1H3,(H,26,30). The summed E-state index contributed by atoms with van der Waals surface area (Å²) in [4.78, 5) is 29.2. The van der Waals surface area contributed by atoms with Gasteiger partial charge in [-0.25, -0.2) is 9.67 Å². The van der Waals surface area contributed by atoms with Crippen LogP contribution in [0.5, 0.6) is 5.75 Å². The molecule has 33 heavy (non-hydrogen) atoms. The Kier molecular flexibility index (Phi) is 7.26. The topological polar surface area (TPSA) is 86.1 Å². The molecule has 168 valence electrons. The van der Waals surface area contributed by atoms with Gasteiger partial charge in [-0.15, -0.1) is 11.3 Å². The van der Waals surface area contributed by atoms with Crippen molar-refractivity contribution in [3.8, 4) is 27.6 Å². The molecular formula is C25H24N4O3S. The monoisotopic (exact) mass is 460 g/mol. The molecule has 8 heteroatoms. The van der Waals surface area contributed by atoms with Crippen LogP contribution in [0.3, 0.4) is 0 Å². The quantitative estimate of drug-likeness (QED) is 0.411. The highest BCUT2D eigenvalue weighted by atomic mass is 32.1. The molecule has 4 aromatic rings. The average molecular weight is 461 g/mol. The van der Waals surface area contributed by atoms with E-state index in [2.05, 4.69) is 15.4 Å². The van der Waals surface area contributed by atoms with E-state index in [4.69, 9.17) is 4.74 Å². The van der Waals surface area contributed by atoms with Crippen LogP contribution < -0.4 is 15.6 Å². The molecule has 4 rings (SSSR count). The van der Waals surface area contributed by atoms with E-state index < -0.39 is 0 Å². The number of thiazole rings is 1. The molecule has 0 saturated carbocycles. The lowest BCUT2D eigenvalue weighted by atomic mass is 10.1. The van der Waals surface area contributed by atoms with E-state index in [1.807, 2.05) is 66.9 Å². The highest BCUT2D eigenvalue weighted by Crippen LogP contribution is 2.23. The second-order valence-electron chi connectivity index (χ2n) is 7.28. The molecule has 1 amide bonds. The van der Waals surface area contributed by atoms with Gasteiger partial charge in [0.1, 0.15) is 17.3 Å². The Morgan fingerprint density at radius 3 is 2.58 bits per heavy atom. The van der Waals surface area contributed by atoms with Gasteiger partial charge in [-0.05, 0) is 37.3 Å². The van der Waals surface area contributed by atoms with Crippen LogP contribution in [0.15, 0.2) is 76.9 Å². The van der Waals surface area contributed by atoms with Crippen molar-refractivity contribution in [3.05, 3.63) is 88.2 Å². The van der Waals surface area contributed by atoms with Gasteiger partial charge in [-0.2, -0.15) is 5.10 Å². The summed E-state index contributed by atoms with van der Waals surface area (Å²) in [5, 5.41) is 10.2. The number of amides is 1. The predicted molar refractivity (Wildman–Crippen MR) is 129 cm³/mol. The first-order valence-corrected chi connectivity index (χ1v) is 11.6. The lowest BCUT2D eigenvalue weighted by molar-refractivity contribution is -0.121. The van der Waals surface area contributed by atoms with Crippen LogP contribution in [-0.4, -0.2) is 33.8 Å². The zero-order chi connectivity index (χ0) is 23.0. The third kappa shape index (κ3) is 5.93. The summed E-state index contributed by atoms with van der Waals surface area (Å²) in [5.74, 6) is 0.497. The number of rotatable bonds is 9. The summed E-state index contributed by atoms with van der Waals surface area (Å²) in [6.45, 7) is 2.81. The van der Waals surface area contributed by atoms with Gasteiger partial charge in [0.05, 0.1) is 18.0 Å². The molecule has 0 aliphatic carbocycles. The maximum absolute atomic E-state index is 12.4. The van der Waals surface area contributed by atoms with Crippen LogP contribution >= 0.6 is 11.3 Å². The van der Waals surface area contributed by atoms with E-state index in [0.29, 0.717) is 25.3 Å². The Hall–Kier alpha value is -3.78. The van der Waals surface area contributed by atoms with E-state index in [1.165, 1.54) is 10.7 Å². The number of hydrogen-bond donors (Lipinski definition) is 1. The first-order valence-electron chi connectivity index (χ1n) is 10.7. The van der Waals surface area contributed by atoms with Crippen LogP contribution in [0.2, 0.25) is 0 Å². The van der Waals surface area contributed by atoms with Crippen molar-refractivity contribution in [2.24, 2.45) is 0 Å². The smallest absolute Gasteiger partial charge is 0.267 e. The van der Waals surface area contributed by atoms with Gasteiger partial charge in [0.15, 0.2) is 0 Å². The number of carbonyl (C=O) groups is 1. The minimum atomic E-state index is -0.327. The minimum absolute atomic E-state index is 0.143. The van der Waals surface area contributed by atoms with Gasteiger partial charge in [0.25, 0.3) is 5.56 Å². The summed E-state index contributed by atoms with van der Waals surface area (Å²) in [5.41, 5.74) is 3.13. The Morgan fingerprint density at radius 2 is 1.82 bits per heavy atom. The molecular weight excluding hydrogens is 436 g/mol. The number of carbonyl (C=O) groups excluding carboxylic acids is 1. The predicted octanol–water partition coefficient (Wildman–Crippen LogP) is 3.79. The average Bonchev–Trinajstić information content (AvgIpc) is 3.31. The van der Waals surface area contributed by atoms with Gasteiger partial charge in [-0.3, -0.25) is 9.59 Å². The fourth-order valence-corrected chi connectivity index (χ4v) is 4.12. The SMILES string of the molecule is CCOc1ccc(-c2ccc(=O)n(CC(=O)NCCc3csc(-c4ccccc4)n3)n2)cc1. The largest absolute Gasteiger partial charge is 0.494 e. The van der Waals surface area contributed by atoms with Crippen molar-refractivity contribution in [3.63, 3.8) is 0 Å². The summed E-state index contributed by atoms with van der Waals surface area (Å²) >= 11 is 1.58. The molecule has 0 bridgehead atoms. The molecule has 2 aromatic heterocycles. The first-order chi connectivity index (χ1) is 16.1. The van der Waals surface area contributed by atoms with Crippen LogP contribution in [0.4, 0.5) is 0 Å². The van der Waals surface area contributed by atoms with Gasteiger partial charge < -0.3 is 10.1 Å². The van der Waals surface area contributed by atoms with Gasteiger partial charge in [0.2, 0.25) is 5.91 Å². The maximum atomic E-state index is 12.4. The Bertz CT molecular complexity index is 1270. The van der Waals surface area contributed by atoms with Crippen LogP contribution in [0.1, 0.15) is 12.6 Å². The highest BCUT2D eigenvalue weighted by Gasteiger charge is 2.09. The summed E-state index contributed by atoms with van der Waals surface area (Å²) in [6, 6.07) is 20.5. The van der Waals surface area contributed by atoms with Crippen molar-refractivity contribution < 1.29 is 9.53 Å². The minimum Gasteiger partial charge on any atom is -0.494 e. The zero-order valence-electron chi connectivity index (χ0n) is 18.2. The van der Waals surface area contributed by atoms with Gasteiger partial charge >= 0.3 is 0 Å². The molecule has 0 atom stereocenters. The molecule has 0 radical (unpaired) electrons. The second kappa shape index (κ2) is 10.7. The van der Waals surface area contributed by atoms with Gasteiger partial charge in [-0.1, -0.05) is 30.3 Å². The lowest BCUT2D eigenvalue weighted by Crippen LogP contribution is -2.34. The summed E-state index contributed by atoms with van der Waals surface area (Å²) < 4.78 is 6.63. The van der Waals surface area contributed by atoms with Crippen LogP contribution in [0.25, 0.3) is 21.8 Å². The fourth-order valence-electron chi connectivity index (χ4n) is 3.26. The molecule has 0 saturated heterocycles. The molecule has 0 spiro atoms. The van der Waals surface area contributed by atoms with Crippen LogP contribution in [-0.2, 0) is 17.8 Å². The van der Waals surface area contributed by atoms with Crippen LogP contribution in [0, 0.1) is 0 Å². The number of nitrogens with zero attached hydrogens (tertiary/aromatic N) is 3. The van der Waals surface area contributed by atoms with Crippen molar-refractivity contribution in [2.45, 2.75) is 19.9 Å². The Balaban J connectivity index is 1.33. The van der Waals surface area contributed by atoms with Crippen molar-refractivity contribution in [1.82, 2.24) is 20.1 Å². The van der Waals surface area contributed by atoms with Crippen molar-refractivity contribution >= 4 is 17.2 Å². The Labute approximate surface area is 195 Å². The number of ether oxygens (including phenoxy) is 1. The highest BCUT2D eigenvalue weighted by molar-refractivity contribution is 7.13. The molecule has 1 N–H and O–H groups in total. The molecule has 7 nitrogen and oxygen atoms in total. The third-order valence-electron chi connectivity index (χ3n) is 4.90. The zero-order valence-corrected chi connectivity index (χ0v) is 19.0. The van der Waals surface area contributed by atoms with E-state index in [-0.39, 0.29) is 18.0 Å². The first kappa shape index (κ1) is 22.4.